The first-order chi connectivity index (χ1) is 18.4. The van der Waals surface area contributed by atoms with Crippen molar-refractivity contribution in [2.45, 2.75) is 31.6 Å². The molecule has 1 heterocycles. The van der Waals surface area contributed by atoms with Crippen LogP contribution in [0.1, 0.15) is 42.7 Å². The smallest absolute Gasteiger partial charge is 0.336 e. The predicted octanol–water partition coefficient (Wildman–Crippen LogP) is 6.98. The summed E-state index contributed by atoms with van der Waals surface area (Å²) in [4.78, 5) is 27.1. The van der Waals surface area contributed by atoms with Gasteiger partial charge in [-0.25, -0.2) is 4.79 Å². The summed E-state index contributed by atoms with van der Waals surface area (Å²) in [6, 6.07) is 24.2. The van der Waals surface area contributed by atoms with Crippen LogP contribution in [0.15, 0.2) is 101 Å². The van der Waals surface area contributed by atoms with Crippen molar-refractivity contribution in [2.24, 2.45) is 0 Å². The van der Waals surface area contributed by atoms with Crippen LogP contribution in [-0.2, 0) is 14.3 Å². The molecule has 5 nitrogen and oxygen atoms in total. The van der Waals surface area contributed by atoms with Gasteiger partial charge in [-0.1, -0.05) is 65.7 Å². The highest BCUT2D eigenvalue weighted by Gasteiger charge is 2.41. The highest BCUT2D eigenvalue weighted by molar-refractivity contribution is 6.30. The Labute approximate surface area is 232 Å². The molecule has 5 rings (SSSR count). The second-order valence-electron chi connectivity index (χ2n) is 9.42. The van der Waals surface area contributed by atoms with E-state index < -0.39 is 11.9 Å². The van der Waals surface area contributed by atoms with Gasteiger partial charge in [-0.3, -0.25) is 4.79 Å². The van der Waals surface area contributed by atoms with Crippen LogP contribution in [-0.4, -0.2) is 25.0 Å². The Morgan fingerprint density at radius 2 is 1.50 bits per heavy atom. The molecule has 0 amide bonds. The molecule has 1 N–H and O–H groups in total. The summed E-state index contributed by atoms with van der Waals surface area (Å²) in [5.74, 6) is -0.303. The van der Waals surface area contributed by atoms with Gasteiger partial charge in [-0.05, 0) is 66.8 Å². The first-order valence-corrected chi connectivity index (χ1v) is 13.3. The SMILES string of the molecule is CC1=C(C(=O)OCCOc2ccccc2)[C@@H](c2ccc(Cl)cc2)C2=C(C[C@@H](c3ccc(Cl)cc3)CC2=O)N1. The first-order valence-electron chi connectivity index (χ1n) is 12.5. The monoisotopic (exact) mass is 547 g/mol. The Balaban J connectivity index is 1.41. The van der Waals surface area contributed by atoms with Gasteiger partial charge in [0.1, 0.15) is 19.0 Å². The van der Waals surface area contributed by atoms with E-state index in [0.717, 1.165) is 16.8 Å². The van der Waals surface area contributed by atoms with Crippen LogP contribution in [0, 0.1) is 0 Å². The molecule has 3 aromatic rings. The lowest BCUT2D eigenvalue weighted by Crippen LogP contribution is -2.36. The molecule has 0 aromatic heterocycles. The highest BCUT2D eigenvalue weighted by Crippen LogP contribution is 2.46. The van der Waals surface area contributed by atoms with Crippen molar-refractivity contribution >= 4 is 35.0 Å². The van der Waals surface area contributed by atoms with Crippen molar-refractivity contribution in [1.82, 2.24) is 5.32 Å². The number of ether oxygens (including phenoxy) is 2. The molecule has 0 saturated carbocycles. The summed E-state index contributed by atoms with van der Waals surface area (Å²) >= 11 is 12.2. The van der Waals surface area contributed by atoms with E-state index in [1.54, 1.807) is 12.1 Å². The van der Waals surface area contributed by atoms with E-state index in [1.807, 2.05) is 73.7 Å². The number of halogens is 2. The Morgan fingerprint density at radius 1 is 0.868 bits per heavy atom. The number of dihydropyridines is 1. The number of ketones is 1. The number of nitrogens with one attached hydrogen (secondary N) is 1. The lowest BCUT2D eigenvalue weighted by molar-refractivity contribution is -0.140. The summed E-state index contributed by atoms with van der Waals surface area (Å²) in [5.41, 5.74) is 4.41. The lowest BCUT2D eigenvalue weighted by Gasteiger charge is -2.36. The molecule has 0 spiro atoms. The molecule has 2 atom stereocenters. The number of carbonyl (C=O) groups is 2. The van der Waals surface area contributed by atoms with E-state index in [4.69, 9.17) is 32.7 Å². The van der Waals surface area contributed by atoms with Crippen LogP contribution in [0.3, 0.4) is 0 Å². The Hall–Kier alpha value is -3.54. The van der Waals surface area contributed by atoms with Gasteiger partial charge in [0.25, 0.3) is 0 Å². The van der Waals surface area contributed by atoms with Crippen molar-refractivity contribution in [2.75, 3.05) is 13.2 Å². The number of esters is 1. The topological polar surface area (TPSA) is 64.6 Å². The third kappa shape index (κ3) is 5.64. The Kier molecular flexibility index (Phi) is 7.87. The van der Waals surface area contributed by atoms with Crippen molar-refractivity contribution in [3.05, 3.63) is 123 Å². The summed E-state index contributed by atoms with van der Waals surface area (Å²) in [5, 5.41) is 4.61. The molecule has 194 valence electrons. The maximum Gasteiger partial charge on any atom is 0.336 e. The standard InChI is InChI=1S/C31H27Cl2NO4/c1-19-28(31(36)38-16-15-37-25-5-3-2-4-6-25)29(21-9-13-24(33)14-10-21)30-26(34-19)17-22(18-27(30)35)20-7-11-23(32)12-8-20/h2-14,22,29,34H,15-18H2,1H3/t22-,29-/m1/s1. The molecule has 0 unspecified atom stereocenters. The molecule has 3 aromatic carbocycles. The maximum atomic E-state index is 13.7. The molecule has 2 aliphatic rings. The van der Waals surface area contributed by atoms with E-state index in [0.29, 0.717) is 45.5 Å². The minimum absolute atomic E-state index is 0.00357. The van der Waals surface area contributed by atoms with Crippen LogP contribution in [0.4, 0.5) is 0 Å². The molecular weight excluding hydrogens is 521 g/mol. The van der Waals surface area contributed by atoms with Gasteiger partial charge >= 0.3 is 5.97 Å². The zero-order valence-electron chi connectivity index (χ0n) is 20.9. The normalized spacial score (nSPS) is 19.1. The van der Waals surface area contributed by atoms with E-state index in [-0.39, 0.29) is 24.9 Å². The van der Waals surface area contributed by atoms with Gasteiger partial charge in [0, 0.05) is 39.4 Å². The average Bonchev–Trinajstić information content (AvgIpc) is 2.91. The highest BCUT2D eigenvalue weighted by atomic mass is 35.5. The number of allylic oxidation sites excluding steroid dienone is 3. The van der Waals surface area contributed by atoms with Crippen LogP contribution in [0.2, 0.25) is 10.0 Å². The van der Waals surface area contributed by atoms with Crippen LogP contribution in [0.25, 0.3) is 0 Å². The van der Waals surface area contributed by atoms with Crippen molar-refractivity contribution < 1.29 is 19.1 Å². The zero-order valence-corrected chi connectivity index (χ0v) is 22.4. The van der Waals surface area contributed by atoms with Crippen molar-refractivity contribution in [3.8, 4) is 5.75 Å². The summed E-state index contributed by atoms with van der Waals surface area (Å²) < 4.78 is 11.3. The number of carbonyl (C=O) groups excluding carboxylic acids is 2. The Morgan fingerprint density at radius 3 is 2.16 bits per heavy atom. The van der Waals surface area contributed by atoms with E-state index >= 15 is 0 Å². The van der Waals surface area contributed by atoms with Gasteiger partial charge in [-0.2, -0.15) is 0 Å². The largest absolute Gasteiger partial charge is 0.490 e. The second kappa shape index (κ2) is 11.5. The van der Waals surface area contributed by atoms with Gasteiger partial charge in [0.15, 0.2) is 5.78 Å². The molecule has 1 aliphatic carbocycles. The summed E-state index contributed by atoms with van der Waals surface area (Å²) in [6.07, 6.45) is 0.996. The molecule has 1 aliphatic heterocycles. The molecule has 0 saturated heterocycles. The van der Waals surface area contributed by atoms with Crippen molar-refractivity contribution in [3.63, 3.8) is 0 Å². The number of hydrogen-bond acceptors (Lipinski definition) is 5. The fourth-order valence-electron chi connectivity index (χ4n) is 5.16. The van der Waals surface area contributed by atoms with Crippen LogP contribution >= 0.6 is 23.2 Å². The molecule has 0 radical (unpaired) electrons. The second-order valence-corrected chi connectivity index (χ2v) is 10.3. The fourth-order valence-corrected chi connectivity index (χ4v) is 5.41. The summed E-state index contributed by atoms with van der Waals surface area (Å²) in [7, 11) is 0. The zero-order chi connectivity index (χ0) is 26.6. The predicted molar refractivity (Wildman–Crippen MR) is 148 cm³/mol. The van der Waals surface area contributed by atoms with E-state index in [2.05, 4.69) is 5.32 Å². The minimum Gasteiger partial charge on any atom is -0.490 e. The van der Waals surface area contributed by atoms with Crippen LogP contribution < -0.4 is 10.1 Å². The third-order valence-electron chi connectivity index (χ3n) is 6.92. The number of benzene rings is 3. The fraction of sp³-hybridized carbons (Fsp3) is 0.226. The number of Topliss-reactive ketones (excluding diaryl/α,β-unsaturated/α-hetero) is 1. The number of para-hydroxylation sites is 1. The van der Waals surface area contributed by atoms with Crippen molar-refractivity contribution in [1.29, 1.82) is 0 Å². The maximum absolute atomic E-state index is 13.7. The van der Waals surface area contributed by atoms with Gasteiger partial charge < -0.3 is 14.8 Å². The first kappa shape index (κ1) is 26.1. The molecule has 38 heavy (non-hydrogen) atoms. The minimum atomic E-state index is -0.551. The number of hydrogen-bond donors (Lipinski definition) is 1. The van der Waals surface area contributed by atoms with E-state index in [9.17, 15) is 9.59 Å². The molecule has 7 heteroatoms. The quantitative estimate of drug-likeness (QED) is 0.255. The summed E-state index contributed by atoms with van der Waals surface area (Å²) in [6.45, 7) is 2.15. The number of rotatable bonds is 7. The van der Waals surface area contributed by atoms with Gasteiger partial charge in [0.05, 0.1) is 5.57 Å². The van der Waals surface area contributed by atoms with Gasteiger partial charge in [-0.15, -0.1) is 0 Å². The molecular formula is C31H27Cl2NO4. The molecule has 0 fully saturated rings. The average molecular weight is 548 g/mol. The Bertz CT molecular complexity index is 1400. The van der Waals surface area contributed by atoms with Gasteiger partial charge in [0.2, 0.25) is 0 Å². The lowest BCUT2D eigenvalue weighted by atomic mass is 9.72. The third-order valence-corrected chi connectivity index (χ3v) is 7.42. The molecule has 0 bridgehead atoms. The van der Waals surface area contributed by atoms with Crippen LogP contribution in [0.5, 0.6) is 5.75 Å². The van der Waals surface area contributed by atoms with E-state index in [1.165, 1.54) is 0 Å².